The van der Waals surface area contributed by atoms with Crippen molar-refractivity contribution in [2.45, 2.75) is 20.3 Å². The van der Waals surface area contributed by atoms with E-state index in [4.69, 9.17) is 5.73 Å². The van der Waals surface area contributed by atoms with Crippen LogP contribution < -0.4 is 5.73 Å². The summed E-state index contributed by atoms with van der Waals surface area (Å²) < 4.78 is 1.25. The Morgan fingerprint density at radius 3 is 2.80 bits per heavy atom. The number of nitrogen functional groups attached to an aromatic ring is 1. The Morgan fingerprint density at radius 2 is 2.00 bits per heavy atom. The molecule has 0 aliphatic rings. The van der Waals surface area contributed by atoms with E-state index in [2.05, 4.69) is 41.3 Å². The highest BCUT2D eigenvalue weighted by molar-refractivity contribution is 7.17. The van der Waals surface area contributed by atoms with Crippen molar-refractivity contribution in [1.82, 2.24) is 9.97 Å². The van der Waals surface area contributed by atoms with Gasteiger partial charge in [-0.05, 0) is 18.4 Å². The molecule has 0 atom stereocenters. The Morgan fingerprint density at radius 1 is 1.20 bits per heavy atom. The average molecular weight is 283 g/mol. The molecule has 3 nitrogen and oxygen atoms in total. The van der Waals surface area contributed by atoms with Crippen LogP contribution in [0.15, 0.2) is 35.7 Å². The smallest absolute Gasteiger partial charge is 0.163 e. The number of nitrogens with two attached hydrogens (primary N) is 1. The number of rotatable bonds is 3. The van der Waals surface area contributed by atoms with Crippen LogP contribution in [0.3, 0.4) is 0 Å². The van der Waals surface area contributed by atoms with E-state index in [1.807, 2.05) is 18.2 Å². The van der Waals surface area contributed by atoms with Gasteiger partial charge in [0.2, 0.25) is 0 Å². The highest BCUT2D eigenvalue weighted by atomic mass is 32.1. The maximum atomic E-state index is 5.94. The lowest BCUT2D eigenvalue weighted by Gasteiger charge is -2.07. The molecule has 3 aromatic rings. The van der Waals surface area contributed by atoms with Crippen molar-refractivity contribution in [1.29, 1.82) is 0 Å². The van der Waals surface area contributed by atoms with E-state index in [0.29, 0.717) is 11.7 Å². The first-order chi connectivity index (χ1) is 9.63. The molecule has 0 amide bonds. The monoisotopic (exact) mass is 283 g/mol. The van der Waals surface area contributed by atoms with Crippen LogP contribution in [-0.2, 0) is 6.42 Å². The molecule has 1 aromatic carbocycles. The van der Waals surface area contributed by atoms with Gasteiger partial charge in [-0.25, -0.2) is 9.97 Å². The zero-order valence-electron chi connectivity index (χ0n) is 11.6. The van der Waals surface area contributed by atoms with Gasteiger partial charge in [0.15, 0.2) is 5.82 Å². The zero-order chi connectivity index (χ0) is 14.1. The summed E-state index contributed by atoms with van der Waals surface area (Å²) in [7, 11) is 0. The third-order valence-electron chi connectivity index (χ3n) is 3.14. The van der Waals surface area contributed by atoms with Gasteiger partial charge >= 0.3 is 0 Å². The van der Waals surface area contributed by atoms with Crippen molar-refractivity contribution in [3.8, 4) is 11.4 Å². The van der Waals surface area contributed by atoms with Crippen molar-refractivity contribution in [3.63, 3.8) is 0 Å². The lowest BCUT2D eigenvalue weighted by Crippen LogP contribution is -2.03. The number of thiophene rings is 1. The molecular formula is C16H17N3S. The van der Waals surface area contributed by atoms with Gasteiger partial charge in [0.1, 0.15) is 5.82 Å². The predicted molar refractivity (Wildman–Crippen MR) is 85.8 cm³/mol. The van der Waals surface area contributed by atoms with Gasteiger partial charge in [-0.2, -0.15) is 0 Å². The molecule has 0 fully saturated rings. The van der Waals surface area contributed by atoms with Gasteiger partial charge < -0.3 is 5.73 Å². The minimum Gasteiger partial charge on any atom is -0.384 e. The minimum atomic E-state index is 0.543. The highest BCUT2D eigenvalue weighted by Gasteiger charge is 2.11. The molecule has 2 N–H and O–H groups in total. The first-order valence-corrected chi connectivity index (χ1v) is 7.61. The van der Waals surface area contributed by atoms with E-state index in [1.54, 1.807) is 11.3 Å². The lowest BCUT2D eigenvalue weighted by atomic mass is 10.1. The van der Waals surface area contributed by atoms with Gasteiger partial charge in [-0.1, -0.05) is 32.0 Å². The van der Waals surface area contributed by atoms with E-state index >= 15 is 0 Å². The topological polar surface area (TPSA) is 51.8 Å². The first-order valence-electron chi connectivity index (χ1n) is 6.73. The largest absolute Gasteiger partial charge is 0.384 e. The van der Waals surface area contributed by atoms with Crippen LogP contribution in [-0.4, -0.2) is 9.97 Å². The quantitative estimate of drug-likeness (QED) is 0.786. The Labute approximate surface area is 122 Å². The minimum absolute atomic E-state index is 0.543. The average Bonchev–Trinajstić information content (AvgIpc) is 2.80. The van der Waals surface area contributed by atoms with E-state index < -0.39 is 0 Å². The molecule has 102 valence electrons. The summed E-state index contributed by atoms with van der Waals surface area (Å²) >= 11 is 1.71. The second-order valence-electron chi connectivity index (χ2n) is 5.35. The lowest BCUT2D eigenvalue weighted by molar-refractivity contribution is 0.635. The SMILES string of the molecule is CC(C)Cc1cc(N)nc(-c2csc3ccccc23)n1. The molecule has 2 aromatic heterocycles. The standard InChI is InChI=1S/C16H17N3S/c1-10(2)7-11-8-15(17)19-16(18-11)13-9-20-14-6-4-3-5-12(13)14/h3-6,8-10H,7H2,1-2H3,(H2,17,18,19). The third kappa shape index (κ3) is 2.51. The second kappa shape index (κ2) is 5.21. The molecule has 0 unspecified atom stereocenters. The second-order valence-corrected chi connectivity index (χ2v) is 6.26. The van der Waals surface area contributed by atoms with Crippen LogP contribution in [0.4, 0.5) is 5.82 Å². The Hall–Kier alpha value is -1.94. The number of fused-ring (bicyclic) bond motifs is 1. The van der Waals surface area contributed by atoms with Crippen molar-refractivity contribution in [2.75, 3.05) is 5.73 Å². The Balaban J connectivity index is 2.11. The molecular weight excluding hydrogens is 266 g/mol. The number of benzene rings is 1. The fourth-order valence-electron chi connectivity index (χ4n) is 2.31. The molecule has 0 radical (unpaired) electrons. The van der Waals surface area contributed by atoms with Crippen LogP contribution in [0.2, 0.25) is 0 Å². The molecule has 0 aliphatic heterocycles. The van der Waals surface area contributed by atoms with E-state index in [9.17, 15) is 0 Å². The van der Waals surface area contributed by atoms with Crippen LogP contribution in [0.1, 0.15) is 19.5 Å². The summed E-state index contributed by atoms with van der Waals surface area (Å²) in [5, 5.41) is 3.30. The fraction of sp³-hybridized carbons (Fsp3) is 0.250. The number of hydrogen-bond donors (Lipinski definition) is 1. The molecule has 0 saturated heterocycles. The number of aromatic nitrogens is 2. The van der Waals surface area contributed by atoms with Crippen molar-refractivity contribution >= 4 is 27.2 Å². The number of nitrogens with zero attached hydrogens (tertiary/aromatic N) is 2. The summed E-state index contributed by atoms with van der Waals surface area (Å²) in [4.78, 5) is 9.09. The number of hydrogen-bond acceptors (Lipinski definition) is 4. The van der Waals surface area contributed by atoms with Gasteiger partial charge in [-0.3, -0.25) is 0 Å². The first kappa shape index (κ1) is 13.1. The van der Waals surface area contributed by atoms with Gasteiger partial charge in [0.25, 0.3) is 0 Å². The molecule has 0 spiro atoms. The maximum Gasteiger partial charge on any atom is 0.163 e. The van der Waals surface area contributed by atoms with Gasteiger partial charge in [0, 0.05) is 32.8 Å². The summed E-state index contributed by atoms with van der Waals surface area (Å²) in [6.07, 6.45) is 0.918. The van der Waals surface area contributed by atoms with E-state index in [0.717, 1.165) is 23.5 Å². The van der Waals surface area contributed by atoms with Gasteiger partial charge in [-0.15, -0.1) is 11.3 Å². The molecule has 20 heavy (non-hydrogen) atoms. The summed E-state index contributed by atoms with van der Waals surface area (Å²) in [5.74, 6) is 1.83. The van der Waals surface area contributed by atoms with Crippen molar-refractivity contribution < 1.29 is 0 Å². The van der Waals surface area contributed by atoms with Crippen LogP contribution in [0, 0.1) is 5.92 Å². The normalized spacial score (nSPS) is 11.3. The van der Waals surface area contributed by atoms with E-state index in [1.165, 1.54) is 10.1 Å². The Bertz CT molecular complexity index is 746. The molecule has 2 heterocycles. The summed E-state index contributed by atoms with van der Waals surface area (Å²) in [6.45, 7) is 4.36. The van der Waals surface area contributed by atoms with Crippen LogP contribution >= 0.6 is 11.3 Å². The van der Waals surface area contributed by atoms with Crippen LogP contribution in [0.5, 0.6) is 0 Å². The maximum absolute atomic E-state index is 5.94. The summed E-state index contributed by atoms with van der Waals surface area (Å²) in [5.41, 5.74) is 8.02. The predicted octanol–water partition coefficient (Wildman–Crippen LogP) is 4.14. The molecule has 0 bridgehead atoms. The third-order valence-corrected chi connectivity index (χ3v) is 4.10. The zero-order valence-corrected chi connectivity index (χ0v) is 12.4. The highest BCUT2D eigenvalue weighted by Crippen LogP contribution is 2.32. The van der Waals surface area contributed by atoms with Crippen molar-refractivity contribution in [2.24, 2.45) is 5.92 Å². The summed E-state index contributed by atoms with van der Waals surface area (Å²) in [6, 6.07) is 10.2. The molecule has 4 heteroatoms. The van der Waals surface area contributed by atoms with Crippen LogP contribution in [0.25, 0.3) is 21.5 Å². The molecule has 0 saturated carbocycles. The molecule has 3 rings (SSSR count). The van der Waals surface area contributed by atoms with Gasteiger partial charge in [0.05, 0.1) is 0 Å². The van der Waals surface area contributed by atoms with Crippen molar-refractivity contribution in [3.05, 3.63) is 41.4 Å². The molecule has 0 aliphatic carbocycles. The Kier molecular flexibility index (Phi) is 3.40. The van der Waals surface area contributed by atoms with E-state index in [-0.39, 0.29) is 0 Å². The fourth-order valence-corrected chi connectivity index (χ4v) is 3.25. The number of anilines is 1.